The third-order valence-corrected chi connectivity index (χ3v) is 4.36. The lowest BCUT2D eigenvalue weighted by Crippen LogP contribution is -2.53. The van der Waals surface area contributed by atoms with Crippen LogP contribution in [0.4, 0.5) is 4.79 Å². The van der Waals surface area contributed by atoms with E-state index in [0.717, 1.165) is 18.8 Å². The van der Waals surface area contributed by atoms with Crippen LogP contribution >= 0.6 is 0 Å². The summed E-state index contributed by atoms with van der Waals surface area (Å²) in [6, 6.07) is -1.58. The fourth-order valence-corrected chi connectivity index (χ4v) is 3.21. The van der Waals surface area contributed by atoms with E-state index in [1.165, 1.54) is 19.3 Å². The molecule has 0 aromatic rings. The number of nitrogens with zero attached hydrogens (tertiary/aromatic N) is 1. The van der Waals surface area contributed by atoms with Gasteiger partial charge in [-0.15, -0.1) is 0 Å². The summed E-state index contributed by atoms with van der Waals surface area (Å²) in [6.45, 7) is 0.819. The minimum atomic E-state index is -1.21. The summed E-state index contributed by atoms with van der Waals surface area (Å²) in [5.41, 5.74) is 0. The number of piperidine rings is 1. The lowest BCUT2D eigenvalue weighted by Gasteiger charge is -2.41. The highest BCUT2D eigenvalue weighted by Gasteiger charge is 2.33. The van der Waals surface area contributed by atoms with Gasteiger partial charge in [-0.2, -0.15) is 0 Å². The molecule has 19 heavy (non-hydrogen) atoms. The first-order valence-electron chi connectivity index (χ1n) is 7.01. The van der Waals surface area contributed by atoms with E-state index in [2.05, 4.69) is 5.32 Å². The first-order chi connectivity index (χ1) is 9.11. The van der Waals surface area contributed by atoms with E-state index in [9.17, 15) is 9.59 Å². The van der Waals surface area contributed by atoms with Gasteiger partial charge in [0.1, 0.15) is 0 Å². The van der Waals surface area contributed by atoms with Gasteiger partial charge in [0.25, 0.3) is 0 Å². The molecule has 3 N–H and O–H groups in total. The fourth-order valence-electron chi connectivity index (χ4n) is 3.21. The topological polar surface area (TPSA) is 89.9 Å². The first-order valence-corrected chi connectivity index (χ1v) is 7.01. The highest BCUT2D eigenvalue weighted by molar-refractivity contribution is 5.82. The van der Waals surface area contributed by atoms with Crippen molar-refractivity contribution in [1.29, 1.82) is 0 Å². The Bertz CT molecular complexity index is 348. The van der Waals surface area contributed by atoms with Crippen molar-refractivity contribution < 1.29 is 19.8 Å². The Hall–Kier alpha value is -1.30. The fraction of sp³-hybridized carbons (Fsp3) is 0.846. The molecule has 0 spiro atoms. The van der Waals surface area contributed by atoms with E-state index >= 15 is 0 Å². The van der Waals surface area contributed by atoms with Crippen LogP contribution < -0.4 is 5.32 Å². The Morgan fingerprint density at radius 3 is 2.53 bits per heavy atom. The summed E-state index contributed by atoms with van der Waals surface area (Å²) in [6.07, 6.45) is 5.95. The molecule has 6 nitrogen and oxygen atoms in total. The van der Waals surface area contributed by atoms with Crippen molar-refractivity contribution in [3.8, 4) is 0 Å². The van der Waals surface area contributed by atoms with Gasteiger partial charge in [0.15, 0.2) is 6.04 Å². The first kappa shape index (κ1) is 14.1. The molecule has 1 aliphatic heterocycles. The Balaban J connectivity index is 1.88. The standard InChI is InChI=1S/C13H22N2O4/c16-8-11(12(17)18)14-13(19)15-6-5-9-3-1-2-4-10(9)7-15/h9-11,16H,1-8H2,(H,14,19)(H,17,18)/t9?,10?,11-/m0/s1. The minimum Gasteiger partial charge on any atom is -0.480 e. The minimum absolute atomic E-state index is 0.370. The van der Waals surface area contributed by atoms with Crippen molar-refractivity contribution in [2.45, 2.75) is 38.1 Å². The number of aliphatic hydroxyl groups excluding tert-OH is 1. The van der Waals surface area contributed by atoms with Crippen molar-refractivity contribution in [2.24, 2.45) is 11.8 Å². The molecule has 2 fully saturated rings. The summed E-state index contributed by atoms with van der Waals surface area (Å²) in [5.74, 6) is 0.0833. The van der Waals surface area contributed by atoms with Crippen molar-refractivity contribution in [3.63, 3.8) is 0 Å². The molecule has 1 aliphatic carbocycles. The number of aliphatic hydroxyl groups is 1. The Kier molecular flexibility index (Phi) is 4.63. The van der Waals surface area contributed by atoms with Crippen molar-refractivity contribution in [1.82, 2.24) is 10.2 Å². The molecule has 0 aromatic heterocycles. The molecule has 0 bridgehead atoms. The van der Waals surface area contributed by atoms with Crippen LogP contribution in [0.25, 0.3) is 0 Å². The van der Waals surface area contributed by atoms with Crippen LogP contribution in [0.1, 0.15) is 32.1 Å². The number of fused-ring (bicyclic) bond motifs is 1. The molecule has 2 rings (SSSR count). The second kappa shape index (κ2) is 6.23. The van der Waals surface area contributed by atoms with E-state index in [1.807, 2.05) is 0 Å². The van der Waals surface area contributed by atoms with Crippen molar-refractivity contribution in [3.05, 3.63) is 0 Å². The average Bonchev–Trinajstić information content (AvgIpc) is 2.43. The van der Waals surface area contributed by atoms with Gasteiger partial charge in [0, 0.05) is 13.1 Å². The molecule has 1 saturated carbocycles. The second-order valence-electron chi connectivity index (χ2n) is 5.56. The maximum atomic E-state index is 12.0. The highest BCUT2D eigenvalue weighted by atomic mass is 16.4. The Morgan fingerprint density at radius 2 is 1.89 bits per heavy atom. The summed E-state index contributed by atoms with van der Waals surface area (Å²) >= 11 is 0. The van der Waals surface area contributed by atoms with Gasteiger partial charge in [0.05, 0.1) is 6.61 Å². The number of likely N-dealkylation sites (tertiary alicyclic amines) is 1. The molecular formula is C13H22N2O4. The van der Waals surface area contributed by atoms with Gasteiger partial charge in [-0.1, -0.05) is 19.3 Å². The number of hydrogen-bond acceptors (Lipinski definition) is 3. The SMILES string of the molecule is O=C(O)[C@H](CO)NC(=O)N1CCC2CCCCC2C1. The van der Waals surface area contributed by atoms with Crippen LogP contribution in [0.2, 0.25) is 0 Å². The number of hydrogen-bond donors (Lipinski definition) is 3. The predicted molar refractivity (Wildman–Crippen MR) is 68.7 cm³/mol. The van der Waals surface area contributed by atoms with E-state index in [1.54, 1.807) is 4.90 Å². The summed E-state index contributed by atoms with van der Waals surface area (Å²) in [4.78, 5) is 24.5. The molecule has 0 radical (unpaired) electrons. The van der Waals surface area contributed by atoms with Crippen LogP contribution in [-0.2, 0) is 4.79 Å². The van der Waals surface area contributed by atoms with Gasteiger partial charge < -0.3 is 20.4 Å². The van der Waals surface area contributed by atoms with Crippen LogP contribution in [0, 0.1) is 11.8 Å². The molecule has 6 heteroatoms. The largest absolute Gasteiger partial charge is 0.480 e. The van der Waals surface area contributed by atoms with Gasteiger partial charge in [-0.3, -0.25) is 0 Å². The van der Waals surface area contributed by atoms with Gasteiger partial charge in [-0.25, -0.2) is 9.59 Å². The predicted octanol–water partition coefficient (Wildman–Crippen LogP) is 0.654. The highest BCUT2D eigenvalue weighted by Crippen LogP contribution is 2.35. The molecule has 108 valence electrons. The maximum absolute atomic E-state index is 12.0. The van der Waals surface area contributed by atoms with Gasteiger partial charge in [0.2, 0.25) is 0 Å². The zero-order valence-corrected chi connectivity index (χ0v) is 11.0. The quantitative estimate of drug-likeness (QED) is 0.702. The number of carboxylic acids is 1. The van der Waals surface area contributed by atoms with Crippen LogP contribution in [0.3, 0.4) is 0 Å². The van der Waals surface area contributed by atoms with E-state index in [4.69, 9.17) is 10.2 Å². The number of amides is 2. The lowest BCUT2D eigenvalue weighted by molar-refractivity contribution is -0.140. The molecule has 2 amide bonds. The van der Waals surface area contributed by atoms with E-state index in [0.29, 0.717) is 19.0 Å². The van der Waals surface area contributed by atoms with Crippen molar-refractivity contribution in [2.75, 3.05) is 19.7 Å². The summed E-state index contributed by atoms with van der Waals surface area (Å²) in [5, 5.41) is 20.1. The van der Waals surface area contributed by atoms with Crippen LogP contribution in [-0.4, -0.2) is 52.9 Å². The van der Waals surface area contributed by atoms with E-state index < -0.39 is 18.6 Å². The average molecular weight is 270 g/mol. The molecule has 0 aromatic carbocycles. The number of urea groups is 1. The number of rotatable bonds is 3. The molecule has 2 unspecified atom stereocenters. The zero-order chi connectivity index (χ0) is 13.8. The smallest absolute Gasteiger partial charge is 0.328 e. The number of carbonyl (C=O) groups is 2. The second-order valence-corrected chi connectivity index (χ2v) is 5.56. The Morgan fingerprint density at radius 1 is 1.21 bits per heavy atom. The molecular weight excluding hydrogens is 248 g/mol. The molecule has 3 atom stereocenters. The number of carbonyl (C=O) groups excluding carboxylic acids is 1. The number of nitrogens with one attached hydrogen (secondary N) is 1. The van der Waals surface area contributed by atoms with Crippen LogP contribution in [0.5, 0.6) is 0 Å². The molecule has 1 saturated heterocycles. The number of carboxylic acid groups (broad SMARTS) is 1. The van der Waals surface area contributed by atoms with Crippen molar-refractivity contribution >= 4 is 12.0 Å². The molecule has 1 heterocycles. The third kappa shape index (κ3) is 3.37. The lowest BCUT2D eigenvalue weighted by atomic mass is 9.75. The van der Waals surface area contributed by atoms with E-state index in [-0.39, 0.29) is 6.03 Å². The van der Waals surface area contributed by atoms with Crippen LogP contribution in [0.15, 0.2) is 0 Å². The summed E-state index contributed by atoms with van der Waals surface area (Å²) < 4.78 is 0. The van der Waals surface area contributed by atoms with Gasteiger partial charge in [-0.05, 0) is 24.7 Å². The normalized spacial score (nSPS) is 28.4. The molecule has 2 aliphatic rings. The maximum Gasteiger partial charge on any atom is 0.328 e. The monoisotopic (exact) mass is 270 g/mol. The number of aliphatic carboxylic acids is 1. The third-order valence-electron chi connectivity index (χ3n) is 4.36. The van der Waals surface area contributed by atoms with Gasteiger partial charge >= 0.3 is 12.0 Å². The zero-order valence-electron chi connectivity index (χ0n) is 11.0. The Labute approximate surface area is 112 Å². The summed E-state index contributed by atoms with van der Waals surface area (Å²) in [7, 11) is 0.